The Morgan fingerprint density at radius 1 is 1.21 bits per heavy atom. The molecule has 0 unspecified atom stereocenters. The first-order valence-electron chi connectivity index (χ1n) is 5.69. The highest BCUT2D eigenvalue weighted by Crippen LogP contribution is 2.23. The molecule has 1 aromatic rings. The van der Waals surface area contributed by atoms with E-state index in [4.69, 9.17) is 5.53 Å². The molecule has 0 N–H and O–H groups in total. The van der Waals surface area contributed by atoms with Gasteiger partial charge < -0.3 is 0 Å². The number of hydrogen-bond acceptors (Lipinski definition) is 4. The molecular formula is C12H10N4O3. The van der Waals surface area contributed by atoms with Crippen molar-refractivity contribution in [1.82, 2.24) is 4.90 Å². The van der Waals surface area contributed by atoms with Crippen molar-refractivity contribution in [3.8, 4) is 0 Å². The Balaban J connectivity index is 2.41. The topological polar surface area (TPSA) is 103 Å². The molecule has 1 aliphatic heterocycles. The number of likely N-dealkylation sites (tertiary alicyclic amines) is 1. The predicted octanol–water partition coefficient (Wildman–Crippen LogP) is 2.31. The summed E-state index contributed by atoms with van der Waals surface area (Å²) in [6.45, 7) is 0. The SMILES string of the molecule is [N-]=[N+]=Nc1ccccc1C(=O)N1C(=O)CCCC1=O. The number of amides is 3. The quantitative estimate of drug-likeness (QED) is 0.352. The van der Waals surface area contributed by atoms with E-state index in [2.05, 4.69) is 10.0 Å². The lowest BCUT2D eigenvalue weighted by molar-refractivity contribution is -0.144. The van der Waals surface area contributed by atoms with E-state index in [1.165, 1.54) is 12.1 Å². The minimum atomic E-state index is -0.738. The molecule has 1 aromatic carbocycles. The lowest BCUT2D eigenvalue weighted by atomic mass is 10.1. The van der Waals surface area contributed by atoms with Crippen molar-refractivity contribution in [2.24, 2.45) is 5.11 Å². The Kier molecular flexibility index (Phi) is 3.58. The first kappa shape index (κ1) is 12.8. The molecule has 19 heavy (non-hydrogen) atoms. The van der Waals surface area contributed by atoms with Crippen LogP contribution in [-0.2, 0) is 9.59 Å². The fraction of sp³-hybridized carbons (Fsp3) is 0.250. The van der Waals surface area contributed by atoms with Crippen LogP contribution in [0.25, 0.3) is 10.4 Å². The van der Waals surface area contributed by atoms with Crippen molar-refractivity contribution >= 4 is 23.4 Å². The molecule has 1 fully saturated rings. The third-order valence-electron chi connectivity index (χ3n) is 2.77. The highest BCUT2D eigenvalue weighted by Gasteiger charge is 2.32. The molecule has 0 aromatic heterocycles. The van der Waals surface area contributed by atoms with Gasteiger partial charge in [0.1, 0.15) is 0 Å². The molecule has 96 valence electrons. The molecule has 0 radical (unpaired) electrons. The Morgan fingerprint density at radius 2 is 1.84 bits per heavy atom. The van der Waals surface area contributed by atoms with Gasteiger partial charge in [-0.25, -0.2) is 4.90 Å². The van der Waals surface area contributed by atoms with Gasteiger partial charge in [-0.3, -0.25) is 14.4 Å². The minimum Gasteiger partial charge on any atom is -0.274 e. The largest absolute Gasteiger partial charge is 0.274 e. The van der Waals surface area contributed by atoms with Gasteiger partial charge in [0.15, 0.2) is 0 Å². The monoisotopic (exact) mass is 258 g/mol. The van der Waals surface area contributed by atoms with E-state index in [1.807, 2.05) is 0 Å². The van der Waals surface area contributed by atoms with E-state index in [1.54, 1.807) is 12.1 Å². The number of carbonyl (C=O) groups excluding carboxylic acids is 3. The number of benzene rings is 1. The number of azide groups is 1. The summed E-state index contributed by atoms with van der Waals surface area (Å²) in [5, 5.41) is 3.38. The van der Waals surface area contributed by atoms with E-state index < -0.39 is 17.7 Å². The number of nitrogens with zero attached hydrogens (tertiary/aromatic N) is 4. The maximum absolute atomic E-state index is 12.2. The smallest absolute Gasteiger partial charge is 0.267 e. The van der Waals surface area contributed by atoms with Crippen LogP contribution in [0.5, 0.6) is 0 Å². The molecule has 0 atom stereocenters. The molecule has 0 spiro atoms. The summed E-state index contributed by atoms with van der Waals surface area (Å²) in [5.74, 6) is -1.77. The van der Waals surface area contributed by atoms with Crippen LogP contribution in [-0.4, -0.2) is 22.6 Å². The van der Waals surface area contributed by atoms with Gasteiger partial charge in [-0.05, 0) is 18.0 Å². The second-order valence-corrected chi connectivity index (χ2v) is 3.99. The Morgan fingerprint density at radius 3 is 2.47 bits per heavy atom. The lowest BCUT2D eigenvalue weighted by Gasteiger charge is -2.23. The second kappa shape index (κ2) is 5.32. The molecule has 2 rings (SSSR count). The number of hydrogen-bond donors (Lipinski definition) is 0. The fourth-order valence-electron chi connectivity index (χ4n) is 1.89. The first-order chi connectivity index (χ1) is 9.15. The maximum Gasteiger partial charge on any atom is 0.267 e. The third-order valence-corrected chi connectivity index (χ3v) is 2.77. The number of rotatable bonds is 2. The molecule has 7 nitrogen and oxygen atoms in total. The molecule has 3 amide bonds. The molecular weight excluding hydrogens is 248 g/mol. The van der Waals surface area contributed by atoms with E-state index in [0.29, 0.717) is 11.3 Å². The highest BCUT2D eigenvalue weighted by molar-refractivity contribution is 6.18. The van der Waals surface area contributed by atoms with Gasteiger partial charge in [0.25, 0.3) is 5.91 Å². The summed E-state index contributed by atoms with van der Waals surface area (Å²) in [6, 6.07) is 6.04. The lowest BCUT2D eigenvalue weighted by Crippen LogP contribution is -2.44. The van der Waals surface area contributed by atoms with Gasteiger partial charge in [-0.1, -0.05) is 23.3 Å². The Hall–Kier alpha value is -2.66. The van der Waals surface area contributed by atoms with E-state index in [-0.39, 0.29) is 24.1 Å². The predicted molar refractivity (Wildman–Crippen MR) is 65.3 cm³/mol. The minimum absolute atomic E-state index is 0.0453. The number of carbonyl (C=O) groups is 3. The second-order valence-electron chi connectivity index (χ2n) is 3.99. The standard InChI is InChI=1S/C12H10N4O3/c13-15-14-9-5-2-1-4-8(9)12(19)16-10(17)6-3-7-11(16)18/h1-2,4-5H,3,6-7H2. The van der Waals surface area contributed by atoms with Crippen LogP contribution in [0.2, 0.25) is 0 Å². The van der Waals surface area contributed by atoms with Crippen LogP contribution in [0.1, 0.15) is 29.6 Å². The summed E-state index contributed by atoms with van der Waals surface area (Å²) in [6.07, 6.45) is 0.793. The summed E-state index contributed by atoms with van der Waals surface area (Å²) < 4.78 is 0. The maximum atomic E-state index is 12.2. The zero-order chi connectivity index (χ0) is 13.8. The molecule has 1 aliphatic rings. The van der Waals surface area contributed by atoms with Crippen molar-refractivity contribution in [1.29, 1.82) is 0 Å². The molecule has 0 aliphatic carbocycles. The van der Waals surface area contributed by atoms with Crippen molar-refractivity contribution in [2.75, 3.05) is 0 Å². The van der Waals surface area contributed by atoms with Crippen molar-refractivity contribution in [3.05, 3.63) is 40.3 Å². The third kappa shape index (κ3) is 2.46. The highest BCUT2D eigenvalue weighted by atomic mass is 16.2. The van der Waals surface area contributed by atoms with Crippen molar-refractivity contribution in [2.45, 2.75) is 19.3 Å². The summed E-state index contributed by atoms with van der Waals surface area (Å²) in [5.41, 5.74) is 8.58. The summed E-state index contributed by atoms with van der Waals surface area (Å²) >= 11 is 0. The molecule has 1 heterocycles. The van der Waals surface area contributed by atoms with Gasteiger partial charge in [0.05, 0.1) is 5.69 Å². The zero-order valence-electron chi connectivity index (χ0n) is 9.94. The van der Waals surface area contributed by atoms with Gasteiger partial charge in [0.2, 0.25) is 11.8 Å². The average molecular weight is 258 g/mol. The number of imide groups is 3. The Labute approximate surface area is 108 Å². The summed E-state index contributed by atoms with van der Waals surface area (Å²) in [4.78, 5) is 38.8. The van der Waals surface area contributed by atoms with Gasteiger partial charge >= 0.3 is 0 Å². The number of piperidine rings is 1. The normalized spacial score (nSPS) is 15.1. The van der Waals surface area contributed by atoms with Crippen LogP contribution in [0, 0.1) is 0 Å². The van der Waals surface area contributed by atoms with E-state index >= 15 is 0 Å². The van der Waals surface area contributed by atoms with E-state index in [0.717, 1.165) is 0 Å². The van der Waals surface area contributed by atoms with Crippen LogP contribution in [0.3, 0.4) is 0 Å². The molecule has 0 saturated carbocycles. The van der Waals surface area contributed by atoms with Crippen molar-refractivity contribution < 1.29 is 14.4 Å². The van der Waals surface area contributed by atoms with Crippen molar-refractivity contribution in [3.63, 3.8) is 0 Å². The summed E-state index contributed by atoms with van der Waals surface area (Å²) in [7, 11) is 0. The van der Waals surface area contributed by atoms with Gasteiger partial charge in [-0.2, -0.15) is 0 Å². The zero-order valence-corrected chi connectivity index (χ0v) is 9.94. The Bertz CT molecular complexity index is 589. The molecule has 7 heteroatoms. The van der Waals surface area contributed by atoms with Crippen LogP contribution in [0.15, 0.2) is 29.4 Å². The van der Waals surface area contributed by atoms with E-state index in [9.17, 15) is 14.4 Å². The molecule has 1 saturated heterocycles. The van der Waals surface area contributed by atoms with Gasteiger partial charge in [0, 0.05) is 23.3 Å². The van der Waals surface area contributed by atoms with Crippen LogP contribution >= 0.6 is 0 Å². The first-order valence-corrected chi connectivity index (χ1v) is 5.69. The fourth-order valence-corrected chi connectivity index (χ4v) is 1.89. The average Bonchev–Trinajstić information content (AvgIpc) is 2.39. The van der Waals surface area contributed by atoms with Crippen LogP contribution in [0.4, 0.5) is 5.69 Å². The van der Waals surface area contributed by atoms with Gasteiger partial charge in [-0.15, -0.1) is 0 Å². The van der Waals surface area contributed by atoms with Crippen LogP contribution < -0.4 is 0 Å². The molecule has 0 bridgehead atoms.